The van der Waals surface area contributed by atoms with Gasteiger partial charge in [-0.25, -0.2) is 13.1 Å². The van der Waals surface area contributed by atoms with Crippen molar-refractivity contribution in [2.45, 2.75) is 57.4 Å². The van der Waals surface area contributed by atoms with Gasteiger partial charge in [0, 0.05) is 25.0 Å². The summed E-state index contributed by atoms with van der Waals surface area (Å²) in [5.41, 5.74) is 3.08. The van der Waals surface area contributed by atoms with Gasteiger partial charge in [-0.2, -0.15) is 9.40 Å². The van der Waals surface area contributed by atoms with E-state index in [1.165, 1.54) is 4.31 Å². The average molecular weight is 417 g/mol. The van der Waals surface area contributed by atoms with Crippen LogP contribution >= 0.6 is 0 Å². The summed E-state index contributed by atoms with van der Waals surface area (Å²) in [7, 11) is -3.66. The van der Waals surface area contributed by atoms with E-state index in [1.54, 1.807) is 18.5 Å². The van der Waals surface area contributed by atoms with Gasteiger partial charge in [0.05, 0.1) is 17.1 Å². The molecular weight excluding hydrogens is 388 g/mol. The molecule has 156 valence electrons. The summed E-state index contributed by atoms with van der Waals surface area (Å²) in [6, 6.07) is 8.18. The number of hydrogen-bond donors (Lipinski definition) is 1. The van der Waals surface area contributed by atoms with Crippen LogP contribution in [0.3, 0.4) is 0 Å². The van der Waals surface area contributed by atoms with Gasteiger partial charge >= 0.3 is 0 Å². The number of sulfonamides is 1. The largest absolute Gasteiger partial charge is 0.353 e. The highest BCUT2D eigenvalue weighted by atomic mass is 32.2. The number of aromatic nitrogens is 2. The molecule has 1 aromatic heterocycles. The van der Waals surface area contributed by atoms with E-state index in [0.717, 1.165) is 24.1 Å². The fraction of sp³-hybridized carbons (Fsp3) is 0.524. The van der Waals surface area contributed by atoms with Gasteiger partial charge < -0.3 is 5.32 Å². The van der Waals surface area contributed by atoms with Crippen LogP contribution in [0.4, 0.5) is 0 Å². The van der Waals surface area contributed by atoms with Crippen molar-refractivity contribution in [1.29, 1.82) is 0 Å². The molecule has 1 aliphatic heterocycles. The molecule has 0 bridgehead atoms. The van der Waals surface area contributed by atoms with Crippen LogP contribution in [0.5, 0.6) is 0 Å². The molecule has 4 rings (SSSR count). The van der Waals surface area contributed by atoms with E-state index in [2.05, 4.69) is 10.4 Å². The van der Waals surface area contributed by atoms with Gasteiger partial charge in [0.15, 0.2) is 0 Å². The third kappa shape index (κ3) is 3.96. The van der Waals surface area contributed by atoms with E-state index in [9.17, 15) is 13.2 Å². The summed E-state index contributed by atoms with van der Waals surface area (Å²) < 4.78 is 29.9. The number of carbonyl (C=O) groups is 1. The van der Waals surface area contributed by atoms with Crippen molar-refractivity contribution in [3.63, 3.8) is 0 Å². The number of carbonyl (C=O) groups excluding carboxylic acids is 1. The number of hydrogen-bond acceptors (Lipinski definition) is 4. The zero-order valence-electron chi connectivity index (χ0n) is 17.2. The van der Waals surface area contributed by atoms with Crippen LogP contribution in [0.2, 0.25) is 0 Å². The fourth-order valence-corrected chi connectivity index (χ4v) is 5.80. The van der Waals surface area contributed by atoms with Crippen LogP contribution in [0.1, 0.15) is 42.6 Å². The molecule has 0 atom stereocenters. The quantitative estimate of drug-likeness (QED) is 0.812. The summed E-state index contributed by atoms with van der Waals surface area (Å²) >= 11 is 0. The molecule has 1 aromatic carbocycles. The van der Waals surface area contributed by atoms with E-state index in [1.807, 2.05) is 31.2 Å². The smallest absolute Gasteiger partial charge is 0.246 e. The number of piperidine rings is 1. The second-order valence-electron chi connectivity index (χ2n) is 8.21. The first-order chi connectivity index (χ1) is 13.8. The molecule has 1 aliphatic carbocycles. The summed E-state index contributed by atoms with van der Waals surface area (Å²) in [4.78, 5) is 12.6. The molecule has 2 fully saturated rings. The highest BCUT2D eigenvalue weighted by Gasteiger charge is 2.36. The van der Waals surface area contributed by atoms with Crippen molar-refractivity contribution in [1.82, 2.24) is 19.4 Å². The van der Waals surface area contributed by atoms with E-state index in [0.29, 0.717) is 43.4 Å². The fourth-order valence-electron chi connectivity index (χ4n) is 3.97. The lowest BCUT2D eigenvalue weighted by Crippen LogP contribution is -2.43. The molecule has 0 radical (unpaired) electrons. The Labute approximate surface area is 172 Å². The maximum Gasteiger partial charge on any atom is 0.246 e. The molecule has 7 nitrogen and oxygen atoms in total. The second-order valence-corrected chi connectivity index (χ2v) is 10.1. The SMILES string of the molecule is Cc1ccc(-n2nc(C)c(S(=O)(=O)N3CCC(C(=O)NC4CC4)CC3)c2C)cc1. The maximum absolute atomic E-state index is 13.4. The lowest BCUT2D eigenvalue weighted by atomic mass is 9.97. The van der Waals surface area contributed by atoms with Crippen molar-refractivity contribution >= 4 is 15.9 Å². The molecule has 1 saturated carbocycles. The van der Waals surface area contributed by atoms with Gasteiger partial charge in [-0.05, 0) is 58.6 Å². The zero-order chi connectivity index (χ0) is 20.8. The maximum atomic E-state index is 13.4. The van der Waals surface area contributed by atoms with Gasteiger partial charge in [0.1, 0.15) is 4.90 Å². The number of aryl methyl sites for hydroxylation is 2. The topological polar surface area (TPSA) is 84.3 Å². The lowest BCUT2D eigenvalue weighted by Gasteiger charge is -2.30. The normalized spacial score (nSPS) is 18.7. The van der Waals surface area contributed by atoms with E-state index < -0.39 is 10.0 Å². The van der Waals surface area contributed by atoms with Crippen molar-refractivity contribution in [3.8, 4) is 5.69 Å². The number of benzene rings is 1. The van der Waals surface area contributed by atoms with Gasteiger partial charge in [0.25, 0.3) is 0 Å². The van der Waals surface area contributed by atoms with Crippen molar-refractivity contribution in [2.75, 3.05) is 13.1 Å². The third-order valence-electron chi connectivity index (χ3n) is 5.85. The van der Waals surface area contributed by atoms with Gasteiger partial charge in [0.2, 0.25) is 15.9 Å². The predicted octanol–water partition coefficient (Wildman–Crippen LogP) is 2.48. The van der Waals surface area contributed by atoms with Crippen molar-refractivity contribution < 1.29 is 13.2 Å². The van der Waals surface area contributed by atoms with Crippen molar-refractivity contribution in [2.24, 2.45) is 5.92 Å². The first kappa shape index (κ1) is 20.1. The summed E-state index contributed by atoms with van der Waals surface area (Å²) in [6.45, 7) is 6.26. The molecule has 1 amide bonds. The standard InChI is InChI=1S/C21H28N4O3S/c1-14-4-8-19(9-5-14)25-16(3)20(15(2)23-25)29(27,28)24-12-10-17(11-13-24)21(26)22-18-6-7-18/h4-5,8-9,17-18H,6-7,10-13H2,1-3H3,(H,22,26). The number of amides is 1. The minimum Gasteiger partial charge on any atom is -0.353 e. The van der Waals surface area contributed by atoms with Crippen molar-refractivity contribution in [3.05, 3.63) is 41.2 Å². The Hall–Kier alpha value is -2.19. The van der Waals surface area contributed by atoms with E-state index >= 15 is 0 Å². The minimum atomic E-state index is -3.66. The minimum absolute atomic E-state index is 0.0732. The average Bonchev–Trinajstić information content (AvgIpc) is 3.45. The third-order valence-corrected chi connectivity index (χ3v) is 8.00. The number of nitrogens with one attached hydrogen (secondary N) is 1. The van der Waals surface area contributed by atoms with Gasteiger partial charge in [-0.15, -0.1) is 0 Å². The molecule has 2 aromatic rings. The van der Waals surface area contributed by atoms with Crippen LogP contribution in [-0.4, -0.2) is 47.5 Å². The molecule has 2 heterocycles. The predicted molar refractivity (Wildman–Crippen MR) is 110 cm³/mol. The first-order valence-corrected chi connectivity index (χ1v) is 11.6. The van der Waals surface area contributed by atoms with E-state index in [4.69, 9.17) is 0 Å². The Balaban J connectivity index is 1.53. The highest BCUT2D eigenvalue weighted by Crippen LogP contribution is 2.29. The molecule has 29 heavy (non-hydrogen) atoms. The molecule has 0 spiro atoms. The monoisotopic (exact) mass is 416 g/mol. The summed E-state index contributed by atoms with van der Waals surface area (Å²) in [5.74, 6) is -0.0244. The van der Waals surface area contributed by atoms with Crippen LogP contribution < -0.4 is 5.32 Å². The van der Waals surface area contributed by atoms with Gasteiger partial charge in [-0.3, -0.25) is 4.79 Å². The lowest BCUT2D eigenvalue weighted by molar-refractivity contribution is -0.126. The molecule has 0 unspecified atom stereocenters. The first-order valence-electron chi connectivity index (χ1n) is 10.2. The summed E-state index contributed by atoms with van der Waals surface area (Å²) in [6.07, 6.45) is 3.23. The van der Waals surface area contributed by atoms with Crippen LogP contribution in [0.15, 0.2) is 29.2 Å². The molecular formula is C21H28N4O3S. The Bertz CT molecular complexity index is 1010. The number of rotatable bonds is 5. The van der Waals surface area contributed by atoms with Crippen LogP contribution in [-0.2, 0) is 14.8 Å². The molecule has 1 saturated heterocycles. The second kappa shape index (κ2) is 7.57. The zero-order valence-corrected chi connectivity index (χ0v) is 18.0. The van der Waals surface area contributed by atoms with Gasteiger partial charge in [-0.1, -0.05) is 17.7 Å². The highest BCUT2D eigenvalue weighted by molar-refractivity contribution is 7.89. The molecule has 8 heteroatoms. The number of nitrogens with zero attached hydrogens (tertiary/aromatic N) is 3. The Morgan fingerprint density at radius 3 is 2.24 bits per heavy atom. The van der Waals surface area contributed by atoms with Crippen LogP contribution in [0, 0.1) is 26.7 Å². The molecule has 1 N–H and O–H groups in total. The summed E-state index contributed by atoms with van der Waals surface area (Å²) in [5, 5.41) is 7.53. The van der Waals surface area contributed by atoms with E-state index in [-0.39, 0.29) is 16.7 Å². The Morgan fingerprint density at radius 2 is 1.66 bits per heavy atom. The Morgan fingerprint density at radius 1 is 1.03 bits per heavy atom. The van der Waals surface area contributed by atoms with Crippen LogP contribution in [0.25, 0.3) is 5.69 Å². The molecule has 2 aliphatic rings. The Kier molecular flexibility index (Phi) is 5.25.